The van der Waals surface area contributed by atoms with E-state index >= 15 is 0 Å². The summed E-state index contributed by atoms with van der Waals surface area (Å²) in [5.41, 5.74) is 1.97. The number of rotatable bonds is 2. The molecule has 1 aliphatic rings. The molecule has 18 heavy (non-hydrogen) atoms. The third-order valence-corrected chi connectivity index (χ3v) is 4.51. The molecule has 0 spiro atoms. The smallest absolute Gasteiger partial charge is 0.257 e. The molecule has 0 saturated carbocycles. The lowest BCUT2D eigenvalue weighted by Crippen LogP contribution is -2.39. The molecule has 94 valence electrons. The number of nitrogens with zero attached hydrogens (tertiary/aromatic N) is 1. The van der Waals surface area contributed by atoms with E-state index in [9.17, 15) is 4.79 Å². The SMILES string of the molecule is CCC1c2ccsc2CCN1C(=O)c1ccoc1. The normalized spacial score (nSPS) is 18.7. The maximum atomic E-state index is 12.4. The quantitative estimate of drug-likeness (QED) is 0.829. The molecule has 3 nitrogen and oxygen atoms in total. The third kappa shape index (κ3) is 1.77. The van der Waals surface area contributed by atoms with Crippen LogP contribution in [-0.2, 0) is 6.42 Å². The van der Waals surface area contributed by atoms with E-state index in [1.807, 2.05) is 4.90 Å². The van der Waals surface area contributed by atoms with Crippen molar-refractivity contribution in [1.82, 2.24) is 4.90 Å². The predicted octanol–water partition coefficient (Wildman–Crippen LogP) is 3.49. The predicted molar refractivity (Wildman–Crippen MR) is 70.8 cm³/mol. The lowest BCUT2D eigenvalue weighted by Gasteiger charge is -2.35. The summed E-state index contributed by atoms with van der Waals surface area (Å²) in [6.45, 7) is 2.93. The number of carbonyl (C=O) groups is 1. The van der Waals surface area contributed by atoms with E-state index in [0.29, 0.717) is 5.56 Å². The van der Waals surface area contributed by atoms with Crippen LogP contribution >= 0.6 is 11.3 Å². The van der Waals surface area contributed by atoms with E-state index in [2.05, 4.69) is 18.4 Å². The third-order valence-electron chi connectivity index (χ3n) is 3.51. The van der Waals surface area contributed by atoms with Gasteiger partial charge in [0.2, 0.25) is 0 Å². The number of carbonyl (C=O) groups excluding carboxylic acids is 1. The lowest BCUT2D eigenvalue weighted by atomic mass is 9.97. The molecule has 0 aliphatic carbocycles. The van der Waals surface area contributed by atoms with Crippen LogP contribution in [0.3, 0.4) is 0 Å². The Kier molecular flexibility index (Phi) is 2.96. The van der Waals surface area contributed by atoms with Crippen molar-refractivity contribution in [2.24, 2.45) is 0 Å². The summed E-state index contributed by atoms with van der Waals surface area (Å²) < 4.78 is 5.00. The second-order valence-corrected chi connectivity index (χ2v) is 5.48. The van der Waals surface area contributed by atoms with Crippen molar-refractivity contribution in [2.45, 2.75) is 25.8 Å². The Morgan fingerprint density at radius 1 is 1.56 bits per heavy atom. The van der Waals surface area contributed by atoms with E-state index in [0.717, 1.165) is 19.4 Å². The van der Waals surface area contributed by atoms with Crippen molar-refractivity contribution in [3.8, 4) is 0 Å². The Morgan fingerprint density at radius 2 is 2.44 bits per heavy atom. The molecule has 0 radical (unpaired) electrons. The van der Waals surface area contributed by atoms with E-state index in [-0.39, 0.29) is 11.9 Å². The largest absolute Gasteiger partial charge is 0.472 e. The van der Waals surface area contributed by atoms with Crippen LogP contribution in [0, 0.1) is 0 Å². The molecule has 1 atom stereocenters. The lowest BCUT2D eigenvalue weighted by molar-refractivity contribution is 0.0657. The highest BCUT2D eigenvalue weighted by molar-refractivity contribution is 7.10. The first-order valence-electron chi connectivity index (χ1n) is 6.20. The average molecular weight is 261 g/mol. The van der Waals surface area contributed by atoms with E-state index in [4.69, 9.17) is 4.42 Å². The minimum Gasteiger partial charge on any atom is -0.472 e. The van der Waals surface area contributed by atoms with Crippen molar-refractivity contribution >= 4 is 17.2 Å². The molecule has 1 amide bonds. The molecular formula is C14H15NO2S. The van der Waals surface area contributed by atoms with Crippen molar-refractivity contribution in [3.05, 3.63) is 46.0 Å². The maximum Gasteiger partial charge on any atom is 0.257 e. The highest BCUT2D eigenvalue weighted by atomic mass is 32.1. The number of fused-ring (bicyclic) bond motifs is 1. The van der Waals surface area contributed by atoms with Crippen molar-refractivity contribution in [3.63, 3.8) is 0 Å². The zero-order valence-corrected chi connectivity index (χ0v) is 11.1. The Labute approximate surface area is 110 Å². The van der Waals surface area contributed by atoms with Crippen LogP contribution in [0.25, 0.3) is 0 Å². The van der Waals surface area contributed by atoms with Gasteiger partial charge in [-0.05, 0) is 35.9 Å². The number of hydrogen-bond donors (Lipinski definition) is 0. The first kappa shape index (κ1) is 11.5. The molecular weight excluding hydrogens is 246 g/mol. The first-order chi connectivity index (χ1) is 8.81. The Balaban J connectivity index is 1.92. The van der Waals surface area contributed by atoms with Crippen LogP contribution in [0.15, 0.2) is 34.5 Å². The summed E-state index contributed by atoms with van der Waals surface area (Å²) in [7, 11) is 0. The fourth-order valence-corrected chi connectivity index (χ4v) is 3.56. The summed E-state index contributed by atoms with van der Waals surface area (Å²) in [5.74, 6) is 0.0763. The minimum atomic E-state index is 0.0763. The van der Waals surface area contributed by atoms with Gasteiger partial charge in [-0.2, -0.15) is 0 Å². The first-order valence-corrected chi connectivity index (χ1v) is 7.08. The zero-order valence-electron chi connectivity index (χ0n) is 10.3. The Bertz CT molecular complexity index is 544. The molecule has 2 aromatic heterocycles. The maximum absolute atomic E-state index is 12.4. The van der Waals surface area contributed by atoms with Crippen molar-refractivity contribution in [1.29, 1.82) is 0 Å². The molecule has 0 N–H and O–H groups in total. The van der Waals surface area contributed by atoms with Gasteiger partial charge in [-0.3, -0.25) is 4.79 Å². The van der Waals surface area contributed by atoms with Gasteiger partial charge >= 0.3 is 0 Å². The van der Waals surface area contributed by atoms with E-state index in [1.165, 1.54) is 16.7 Å². The topological polar surface area (TPSA) is 33.5 Å². The second-order valence-electron chi connectivity index (χ2n) is 4.48. The molecule has 3 rings (SSSR count). The molecule has 2 aromatic rings. The number of hydrogen-bond acceptors (Lipinski definition) is 3. The fourth-order valence-electron chi connectivity index (χ4n) is 2.63. The van der Waals surface area contributed by atoms with Crippen LogP contribution in [0.2, 0.25) is 0 Å². The van der Waals surface area contributed by atoms with Crippen molar-refractivity contribution in [2.75, 3.05) is 6.54 Å². The van der Waals surface area contributed by atoms with Crippen molar-refractivity contribution < 1.29 is 9.21 Å². The minimum absolute atomic E-state index is 0.0763. The summed E-state index contributed by atoms with van der Waals surface area (Å²) in [4.78, 5) is 15.8. The standard InChI is InChI=1S/C14H15NO2S/c1-2-12-11-5-8-18-13(11)3-6-15(12)14(16)10-4-7-17-9-10/h4-5,7-9,12H,2-3,6H2,1H3. The summed E-state index contributed by atoms with van der Waals surface area (Å²) in [6.07, 6.45) is 4.99. The monoisotopic (exact) mass is 261 g/mol. The van der Waals surface area contributed by atoms with Crippen LogP contribution in [-0.4, -0.2) is 17.4 Å². The molecule has 0 aromatic carbocycles. The highest BCUT2D eigenvalue weighted by Crippen LogP contribution is 2.35. The van der Waals surface area contributed by atoms with Gasteiger partial charge in [-0.1, -0.05) is 6.92 Å². The Morgan fingerprint density at radius 3 is 3.17 bits per heavy atom. The van der Waals surface area contributed by atoms with E-state index in [1.54, 1.807) is 23.7 Å². The van der Waals surface area contributed by atoms with Crippen LogP contribution in [0.5, 0.6) is 0 Å². The number of amides is 1. The number of thiophene rings is 1. The van der Waals surface area contributed by atoms with Crippen LogP contribution < -0.4 is 0 Å². The molecule has 0 bridgehead atoms. The second kappa shape index (κ2) is 4.61. The van der Waals surface area contributed by atoms with Gasteiger partial charge in [0.05, 0.1) is 17.9 Å². The van der Waals surface area contributed by atoms with E-state index < -0.39 is 0 Å². The number of furan rings is 1. The van der Waals surface area contributed by atoms with Crippen LogP contribution in [0.4, 0.5) is 0 Å². The van der Waals surface area contributed by atoms with Gasteiger partial charge in [0.1, 0.15) is 6.26 Å². The Hall–Kier alpha value is -1.55. The van der Waals surface area contributed by atoms with Gasteiger partial charge in [0.15, 0.2) is 0 Å². The fraction of sp³-hybridized carbons (Fsp3) is 0.357. The van der Waals surface area contributed by atoms with Gasteiger partial charge in [-0.25, -0.2) is 0 Å². The highest BCUT2D eigenvalue weighted by Gasteiger charge is 2.31. The average Bonchev–Trinajstić information content (AvgIpc) is 3.06. The zero-order chi connectivity index (χ0) is 12.5. The molecule has 1 aliphatic heterocycles. The van der Waals surface area contributed by atoms with Gasteiger partial charge in [-0.15, -0.1) is 11.3 Å². The van der Waals surface area contributed by atoms with Gasteiger partial charge in [0.25, 0.3) is 5.91 Å². The molecule has 3 heterocycles. The molecule has 1 unspecified atom stereocenters. The molecule has 4 heteroatoms. The summed E-state index contributed by atoms with van der Waals surface area (Å²) >= 11 is 1.80. The van der Waals surface area contributed by atoms with Crippen LogP contribution in [0.1, 0.15) is 40.2 Å². The van der Waals surface area contributed by atoms with Gasteiger partial charge < -0.3 is 9.32 Å². The molecule has 0 fully saturated rings. The summed E-state index contributed by atoms with van der Waals surface area (Å²) in [6, 6.07) is 4.10. The summed E-state index contributed by atoms with van der Waals surface area (Å²) in [5, 5.41) is 2.12. The molecule has 0 saturated heterocycles. The van der Waals surface area contributed by atoms with Gasteiger partial charge in [0, 0.05) is 11.4 Å².